The van der Waals surface area contributed by atoms with Gasteiger partial charge in [0.05, 0.1) is 23.6 Å². The van der Waals surface area contributed by atoms with Crippen LogP contribution in [0.25, 0.3) is 16.8 Å². The summed E-state index contributed by atoms with van der Waals surface area (Å²) in [6, 6.07) is 11.9. The molecule has 0 N–H and O–H groups in total. The van der Waals surface area contributed by atoms with Crippen LogP contribution in [0, 0.1) is 6.92 Å². The smallest absolute Gasteiger partial charge is 0.298 e. The van der Waals surface area contributed by atoms with Gasteiger partial charge in [-0.3, -0.25) is 4.79 Å². The molecule has 1 saturated heterocycles. The number of fused-ring (bicyclic) bond motifs is 1. The average molecular weight is 465 g/mol. The second kappa shape index (κ2) is 8.86. The molecule has 9 heteroatoms. The number of halogens is 1. The molecule has 3 heterocycles. The summed E-state index contributed by atoms with van der Waals surface area (Å²) in [5.41, 5.74) is 3.74. The van der Waals surface area contributed by atoms with Gasteiger partial charge < -0.3 is 14.2 Å². The Labute approximate surface area is 196 Å². The largest absolute Gasteiger partial charge is 0.423 e. The summed E-state index contributed by atoms with van der Waals surface area (Å²) >= 11 is 6.10. The van der Waals surface area contributed by atoms with Crippen LogP contribution in [0.4, 0.5) is 6.01 Å². The fraction of sp³-hybridized carbons (Fsp3) is 0.333. The molecule has 0 spiro atoms. The molecule has 8 nitrogen and oxygen atoms in total. The van der Waals surface area contributed by atoms with Crippen LogP contribution >= 0.6 is 11.6 Å². The first-order valence-corrected chi connectivity index (χ1v) is 11.5. The maximum Gasteiger partial charge on any atom is 0.298 e. The lowest BCUT2D eigenvalue weighted by atomic mass is 10.0. The highest BCUT2D eigenvalue weighted by atomic mass is 35.5. The molecule has 170 valence electrons. The number of carbonyl (C=O) groups is 1. The van der Waals surface area contributed by atoms with Gasteiger partial charge in [0, 0.05) is 30.7 Å². The molecule has 1 amide bonds. The van der Waals surface area contributed by atoms with Crippen molar-refractivity contribution < 1.29 is 9.21 Å². The SMILES string of the molecule is CC[C@@H]1CCN(c2nc3cc(Cl)ccc3o2)CCN1C(=O)c1cc(C)ccc1-n1nccn1. The van der Waals surface area contributed by atoms with Crippen LogP contribution in [-0.2, 0) is 0 Å². The van der Waals surface area contributed by atoms with Gasteiger partial charge in [0.25, 0.3) is 11.9 Å². The molecule has 33 heavy (non-hydrogen) atoms. The van der Waals surface area contributed by atoms with Crippen molar-refractivity contribution in [3.05, 3.63) is 64.9 Å². The Morgan fingerprint density at radius 3 is 2.73 bits per heavy atom. The second-order valence-electron chi connectivity index (χ2n) is 8.28. The molecule has 0 unspecified atom stereocenters. The number of hydrogen-bond acceptors (Lipinski definition) is 6. The van der Waals surface area contributed by atoms with Crippen LogP contribution in [0.1, 0.15) is 35.7 Å². The molecule has 1 aliphatic heterocycles. The van der Waals surface area contributed by atoms with E-state index in [9.17, 15) is 4.79 Å². The zero-order valence-electron chi connectivity index (χ0n) is 18.6. The normalized spacial score (nSPS) is 16.9. The van der Waals surface area contributed by atoms with Gasteiger partial charge in [-0.05, 0) is 50.1 Å². The summed E-state index contributed by atoms with van der Waals surface area (Å²) in [5, 5.41) is 9.10. The fourth-order valence-corrected chi connectivity index (χ4v) is 4.55. The van der Waals surface area contributed by atoms with Crippen molar-refractivity contribution >= 4 is 34.6 Å². The Bertz CT molecular complexity index is 1290. The molecule has 0 radical (unpaired) electrons. The van der Waals surface area contributed by atoms with Crippen LogP contribution in [0.15, 0.2) is 53.2 Å². The topological polar surface area (TPSA) is 80.3 Å². The Morgan fingerprint density at radius 1 is 1.12 bits per heavy atom. The lowest BCUT2D eigenvalue weighted by molar-refractivity contribution is 0.0685. The van der Waals surface area contributed by atoms with Gasteiger partial charge in [0.1, 0.15) is 5.52 Å². The van der Waals surface area contributed by atoms with E-state index < -0.39 is 0 Å². The number of nitrogens with zero attached hydrogens (tertiary/aromatic N) is 6. The summed E-state index contributed by atoms with van der Waals surface area (Å²) in [6.45, 7) is 6.05. The van der Waals surface area contributed by atoms with Gasteiger partial charge >= 0.3 is 0 Å². The van der Waals surface area contributed by atoms with Crippen molar-refractivity contribution in [3.63, 3.8) is 0 Å². The molecular formula is C24H25ClN6O2. The first-order chi connectivity index (χ1) is 16.0. The highest BCUT2D eigenvalue weighted by Gasteiger charge is 2.30. The lowest BCUT2D eigenvalue weighted by Gasteiger charge is -2.29. The van der Waals surface area contributed by atoms with Crippen molar-refractivity contribution in [1.82, 2.24) is 24.9 Å². The monoisotopic (exact) mass is 464 g/mol. The molecule has 2 aromatic carbocycles. The van der Waals surface area contributed by atoms with E-state index >= 15 is 0 Å². The predicted octanol–water partition coefficient (Wildman–Crippen LogP) is 4.50. The first-order valence-electron chi connectivity index (χ1n) is 11.1. The van der Waals surface area contributed by atoms with Crippen molar-refractivity contribution in [1.29, 1.82) is 0 Å². The van der Waals surface area contributed by atoms with Crippen LogP contribution in [0.2, 0.25) is 5.02 Å². The number of aryl methyl sites for hydroxylation is 1. The second-order valence-corrected chi connectivity index (χ2v) is 8.72. The molecule has 2 aromatic heterocycles. The van der Waals surface area contributed by atoms with Crippen molar-refractivity contribution in [2.75, 3.05) is 24.5 Å². The third kappa shape index (κ3) is 4.18. The summed E-state index contributed by atoms with van der Waals surface area (Å²) < 4.78 is 5.98. The van der Waals surface area contributed by atoms with Gasteiger partial charge in [0.15, 0.2) is 5.58 Å². The van der Waals surface area contributed by atoms with E-state index in [0.29, 0.717) is 41.0 Å². The average Bonchev–Trinajstić information content (AvgIpc) is 3.44. The lowest BCUT2D eigenvalue weighted by Crippen LogP contribution is -2.41. The summed E-state index contributed by atoms with van der Waals surface area (Å²) in [4.78, 5) is 24.0. The van der Waals surface area contributed by atoms with Gasteiger partial charge in [0.2, 0.25) is 0 Å². The molecule has 0 saturated carbocycles. The highest BCUT2D eigenvalue weighted by Crippen LogP contribution is 2.27. The Morgan fingerprint density at radius 2 is 1.94 bits per heavy atom. The molecule has 1 atom stereocenters. The van der Waals surface area contributed by atoms with E-state index in [0.717, 1.165) is 30.5 Å². The maximum atomic E-state index is 13.8. The minimum absolute atomic E-state index is 0.0101. The number of aromatic nitrogens is 4. The third-order valence-corrected chi connectivity index (χ3v) is 6.38. The van der Waals surface area contributed by atoms with E-state index in [1.54, 1.807) is 24.5 Å². The van der Waals surface area contributed by atoms with Gasteiger partial charge in [-0.1, -0.05) is 30.2 Å². The zero-order chi connectivity index (χ0) is 22.9. The quantitative estimate of drug-likeness (QED) is 0.442. The summed E-state index contributed by atoms with van der Waals surface area (Å²) in [5.74, 6) is -0.0101. The molecular weight excluding hydrogens is 440 g/mol. The zero-order valence-corrected chi connectivity index (χ0v) is 19.4. The van der Waals surface area contributed by atoms with Crippen LogP contribution < -0.4 is 4.90 Å². The number of anilines is 1. The summed E-state index contributed by atoms with van der Waals surface area (Å²) in [6.07, 6.45) is 4.91. The number of benzene rings is 2. The number of rotatable bonds is 4. The van der Waals surface area contributed by atoms with E-state index in [1.807, 2.05) is 36.1 Å². The molecule has 1 fully saturated rings. The van der Waals surface area contributed by atoms with Crippen LogP contribution in [0.3, 0.4) is 0 Å². The van der Waals surface area contributed by atoms with E-state index in [-0.39, 0.29) is 11.9 Å². The molecule has 0 bridgehead atoms. The van der Waals surface area contributed by atoms with Gasteiger partial charge in [-0.2, -0.15) is 20.0 Å². The maximum absolute atomic E-state index is 13.8. The van der Waals surface area contributed by atoms with Crippen molar-refractivity contribution in [2.45, 2.75) is 32.7 Å². The number of hydrogen-bond donors (Lipinski definition) is 0. The number of amides is 1. The Balaban J connectivity index is 1.43. The Kier molecular flexibility index (Phi) is 5.76. The van der Waals surface area contributed by atoms with E-state index in [1.165, 1.54) is 4.80 Å². The third-order valence-electron chi connectivity index (χ3n) is 6.14. The van der Waals surface area contributed by atoms with Crippen molar-refractivity contribution in [2.24, 2.45) is 0 Å². The molecule has 4 aromatic rings. The van der Waals surface area contributed by atoms with E-state index in [4.69, 9.17) is 16.0 Å². The van der Waals surface area contributed by atoms with Gasteiger partial charge in [-0.25, -0.2) is 0 Å². The first kappa shape index (κ1) is 21.5. The minimum Gasteiger partial charge on any atom is -0.423 e. The molecule has 5 rings (SSSR count). The summed E-state index contributed by atoms with van der Waals surface area (Å²) in [7, 11) is 0. The fourth-order valence-electron chi connectivity index (χ4n) is 4.38. The minimum atomic E-state index is -0.0101. The number of oxazole rings is 1. The number of carbonyl (C=O) groups excluding carboxylic acids is 1. The van der Waals surface area contributed by atoms with Gasteiger partial charge in [-0.15, -0.1) is 0 Å². The van der Waals surface area contributed by atoms with E-state index in [2.05, 4.69) is 27.0 Å². The standard InChI is InChI=1S/C24H25ClN6O2/c1-3-18-8-11-29(24-28-20-15-17(25)5-7-22(20)33-24)12-13-30(18)23(32)19-14-16(2)4-6-21(19)31-26-9-10-27-31/h4-7,9-10,14-15,18H,3,8,11-13H2,1-2H3/t18-/m1/s1. The predicted molar refractivity (Wildman–Crippen MR) is 127 cm³/mol. The van der Waals surface area contributed by atoms with Crippen molar-refractivity contribution in [3.8, 4) is 5.69 Å². The highest BCUT2D eigenvalue weighted by molar-refractivity contribution is 6.31. The van der Waals surface area contributed by atoms with Crippen LogP contribution in [0.5, 0.6) is 0 Å². The van der Waals surface area contributed by atoms with Crippen LogP contribution in [-0.4, -0.2) is 56.5 Å². The molecule has 0 aliphatic carbocycles. The molecule has 1 aliphatic rings. The Hall–Kier alpha value is -3.39.